The fourth-order valence-electron chi connectivity index (χ4n) is 2.56. The molecule has 3 heteroatoms. The van der Waals surface area contributed by atoms with Gasteiger partial charge >= 0.3 is 5.97 Å². The maximum absolute atomic E-state index is 11.6. The van der Waals surface area contributed by atoms with Gasteiger partial charge in [0.2, 0.25) is 0 Å². The van der Waals surface area contributed by atoms with E-state index in [2.05, 4.69) is 19.6 Å². The first-order valence-corrected chi connectivity index (χ1v) is 6.47. The maximum Gasteiger partial charge on any atom is 0.334 e. The molecule has 1 N–H and O–H groups in total. The molecule has 1 heterocycles. The highest BCUT2D eigenvalue weighted by Gasteiger charge is 2.37. The molecule has 1 saturated heterocycles. The molecule has 1 fully saturated rings. The van der Waals surface area contributed by atoms with E-state index in [9.17, 15) is 9.90 Å². The van der Waals surface area contributed by atoms with Crippen molar-refractivity contribution in [1.29, 1.82) is 0 Å². The van der Waals surface area contributed by atoms with Crippen LogP contribution in [0.15, 0.2) is 35.5 Å². The summed E-state index contributed by atoms with van der Waals surface area (Å²) < 4.78 is 5.33. The fourth-order valence-corrected chi connectivity index (χ4v) is 2.56. The van der Waals surface area contributed by atoms with E-state index in [0.717, 1.165) is 31.3 Å². The highest BCUT2D eigenvalue weighted by molar-refractivity contribution is 5.91. The van der Waals surface area contributed by atoms with Gasteiger partial charge < -0.3 is 9.84 Å². The molecule has 0 spiro atoms. The molecular weight excluding hydrogens is 228 g/mol. The largest absolute Gasteiger partial charge is 0.454 e. The summed E-state index contributed by atoms with van der Waals surface area (Å²) in [5.41, 5.74) is 2.85. The summed E-state index contributed by atoms with van der Waals surface area (Å²) in [6.45, 7) is 5.97. The van der Waals surface area contributed by atoms with Crippen molar-refractivity contribution in [2.24, 2.45) is 5.92 Å². The predicted molar refractivity (Wildman–Crippen MR) is 69.9 cm³/mol. The minimum Gasteiger partial charge on any atom is -0.454 e. The second kappa shape index (κ2) is 5.53. The van der Waals surface area contributed by atoms with Crippen LogP contribution in [0, 0.1) is 5.92 Å². The molecule has 2 rings (SSSR count). The molecule has 0 bridgehead atoms. The summed E-state index contributed by atoms with van der Waals surface area (Å²) in [5.74, 6) is -0.236. The first-order chi connectivity index (χ1) is 8.61. The van der Waals surface area contributed by atoms with Crippen LogP contribution in [0.1, 0.15) is 32.6 Å². The molecule has 0 unspecified atom stereocenters. The van der Waals surface area contributed by atoms with Gasteiger partial charge in [-0.1, -0.05) is 18.2 Å². The number of carbonyl (C=O) groups excluding carboxylic acids is 1. The first kappa shape index (κ1) is 13.1. The fraction of sp³-hybridized carbons (Fsp3) is 0.533. The number of allylic oxidation sites excluding steroid dienone is 2. The molecular formula is C15H20O3. The number of esters is 1. The zero-order chi connectivity index (χ0) is 13.1. The zero-order valence-electron chi connectivity index (χ0n) is 10.8. The third-order valence-corrected chi connectivity index (χ3v) is 3.76. The van der Waals surface area contributed by atoms with Gasteiger partial charge in [-0.2, -0.15) is 0 Å². The van der Waals surface area contributed by atoms with Crippen molar-refractivity contribution >= 4 is 5.97 Å². The van der Waals surface area contributed by atoms with Gasteiger partial charge in [0.1, 0.15) is 6.10 Å². The highest BCUT2D eigenvalue weighted by atomic mass is 16.5. The number of ether oxygens (including phenoxy) is 1. The summed E-state index contributed by atoms with van der Waals surface area (Å²) in [5, 5.41) is 9.34. The standard InChI is InChI=1S/C15H20O3/c1-10-4-3-5-12(9-16)8-14-13(7-6-10)11(2)15(17)18-14/h4,8,13-14,16H,2-3,5-7,9H2,1H3/b10-4-,12-8+/t13-,14+/m0/s1. The van der Waals surface area contributed by atoms with Gasteiger partial charge in [0.25, 0.3) is 0 Å². The second-order valence-electron chi connectivity index (χ2n) is 5.11. The number of carbonyl (C=O) groups is 1. The van der Waals surface area contributed by atoms with E-state index in [1.165, 1.54) is 5.57 Å². The average molecular weight is 248 g/mol. The van der Waals surface area contributed by atoms with Crippen LogP contribution in [0.25, 0.3) is 0 Å². The Hall–Kier alpha value is -1.35. The van der Waals surface area contributed by atoms with E-state index >= 15 is 0 Å². The van der Waals surface area contributed by atoms with E-state index in [0.29, 0.717) is 5.57 Å². The topological polar surface area (TPSA) is 46.5 Å². The van der Waals surface area contributed by atoms with Crippen molar-refractivity contribution in [3.8, 4) is 0 Å². The zero-order valence-corrected chi connectivity index (χ0v) is 10.8. The summed E-state index contributed by atoms with van der Waals surface area (Å²) in [6, 6.07) is 0. The SMILES string of the molecule is C=C1C(=O)O[C@@H]2/C=C(/CO)CC/C=C(/C)CC[C@@H]12. The van der Waals surface area contributed by atoms with E-state index < -0.39 is 0 Å². The lowest BCUT2D eigenvalue weighted by molar-refractivity contribution is -0.137. The summed E-state index contributed by atoms with van der Waals surface area (Å²) >= 11 is 0. The Labute approximate surface area is 108 Å². The molecule has 1 aliphatic heterocycles. The Morgan fingerprint density at radius 2 is 2.28 bits per heavy atom. The Bertz CT molecular complexity index is 417. The van der Waals surface area contributed by atoms with Gasteiger partial charge in [0.05, 0.1) is 6.61 Å². The van der Waals surface area contributed by atoms with Gasteiger partial charge in [-0.3, -0.25) is 0 Å². The highest BCUT2D eigenvalue weighted by Crippen LogP contribution is 2.34. The molecule has 1 aliphatic carbocycles. The minimum absolute atomic E-state index is 0.0279. The van der Waals surface area contributed by atoms with Crippen LogP contribution >= 0.6 is 0 Å². The average Bonchev–Trinajstić information content (AvgIpc) is 2.61. The van der Waals surface area contributed by atoms with Gasteiger partial charge in [0.15, 0.2) is 0 Å². The lowest BCUT2D eigenvalue weighted by Gasteiger charge is -2.17. The van der Waals surface area contributed by atoms with Crippen molar-refractivity contribution in [1.82, 2.24) is 0 Å². The molecule has 98 valence electrons. The van der Waals surface area contributed by atoms with E-state index in [-0.39, 0.29) is 24.6 Å². The monoisotopic (exact) mass is 248 g/mol. The molecule has 3 nitrogen and oxygen atoms in total. The Kier molecular flexibility index (Phi) is 4.02. The van der Waals surface area contributed by atoms with Gasteiger partial charge in [-0.15, -0.1) is 0 Å². The van der Waals surface area contributed by atoms with Gasteiger partial charge in [-0.25, -0.2) is 4.79 Å². The van der Waals surface area contributed by atoms with Crippen LogP contribution in [0.4, 0.5) is 0 Å². The van der Waals surface area contributed by atoms with E-state index in [1.54, 1.807) is 0 Å². The third-order valence-electron chi connectivity index (χ3n) is 3.76. The molecule has 2 aliphatic rings. The Morgan fingerprint density at radius 1 is 1.50 bits per heavy atom. The van der Waals surface area contributed by atoms with Crippen molar-refractivity contribution in [2.75, 3.05) is 6.61 Å². The molecule has 0 aromatic rings. The van der Waals surface area contributed by atoms with E-state index in [4.69, 9.17) is 4.74 Å². The van der Waals surface area contributed by atoms with Crippen molar-refractivity contribution in [3.63, 3.8) is 0 Å². The molecule has 0 amide bonds. The summed E-state index contributed by atoms with van der Waals surface area (Å²) in [6.07, 6.45) is 7.50. The summed E-state index contributed by atoms with van der Waals surface area (Å²) in [4.78, 5) is 11.6. The Balaban J connectivity index is 2.26. The summed E-state index contributed by atoms with van der Waals surface area (Å²) in [7, 11) is 0. The minimum atomic E-state index is -0.292. The molecule has 0 saturated carbocycles. The van der Waals surface area contributed by atoms with Crippen LogP contribution < -0.4 is 0 Å². The maximum atomic E-state index is 11.6. The molecule has 0 aromatic carbocycles. The molecule has 18 heavy (non-hydrogen) atoms. The lowest BCUT2D eigenvalue weighted by atomic mass is 9.88. The smallest absolute Gasteiger partial charge is 0.334 e. The quantitative estimate of drug-likeness (QED) is 0.440. The molecule has 0 aromatic heterocycles. The number of hydrogen-bond donors (Lipinski definition) is 1. The van der Waals surface area contributed by atoms with Gasteiger partial charge in [0, 0.05) is 11.5 Å². The van der Waals surface area contributed by atoms with Crippen LogP contribution in [-0.4, -0.2) is 23.8 Å². The first-order valence-electron chi connectivity index (χ1n) is 6.47. The molecule has 0 radical (unpaired) electrons. The normalized spacial score (nSPS) is 35.0. The number of hydrogen-bond acceptors (Lipinski definition) is 3. The van der Waals surface area contributed by atoms with Crippen LogP contribution in [0.3, 0.4) is 0 Å². The second-order valence-corrected chi connectivity index (χ2v) is 5.11. The predicted octanol–water partition coefficient (Wildman–Crippen LogP) is 2.52. The Morgan fingerprint density at radius 3 is 3.00 bits per heavy atom. The van der Waals surface area contributed by atoms with Crippen LogP contribution in [0.2, 0.25) is 0 Å². The van der Waals surface area contributed by atoms with Crippen LogP contribution in [-0.2, 0) is 9.53 Å². The lowest BCUT2D eigenvalue weighted by Crippen LogP contribution is -2.16. The number of aliphatic hydroxyl groups excluding tert-OH is 1. The van der Waals surface area contributed by atoms with Gasteiger partial charge in [-0.05, 0) is 44.3 Å². The number of rotatable bonds is 1. The number of aliphatic hydroxyl groups is 1. The number of fused-ring (bicyclic) bond motifs is 1. The van der Waals surface area contributed by atoms with E-state index in [1.807, 2.05) is 6.08 Å². The molecule has 2 atom stereocenters. The van der Waals surface area contributed by atoms with Crippen molar-refractivity contribution < 1.29 is 14.6 Å². The van der Waals surface area contributed by atoms with Crippen molar-refractivity contribution in [2.45, 2.75) is 38.7 Å². The van der Waals surface area contributed by atoms with Crippen LogP contribution in [0.5, 0.6) is 0 Å². The van der Waals surface area contributed by atoms with Crippen molar-refractivity contribution in [3.05, 3.63) is 35.5 Å². The third kappa shape index (κ3) is 2.72.